The first kappa shape index (κ1) is 28.0. The molecule has 8 heteroatoms. The number of rotatable bonds is 13. The molecule has 1 aromatic heterocycles. The highest BCUT2D eigenvalue weighted by molar-refractivity contribution is 6.53. The molecule has 204 valence electrons. The lowest BCUT2D eigenvalue weighted by Gasteiger charge is -2.22. The van der Waals surface area contributed by atoms with E-state index < -0.39 is 16.5 Å². The summed E-state index contributed by atoms with van der Waals surface area (Å²) in [4.78, 5) is 42.0. The van der Waals surface area contributed by atoms with Crippen molar-refractivity contribution in [3.63, 3.8) is 0 Å². The van der Waals surface area contributed by atoms with Crippen LogP contribution in [0, 0.1) is 10.1 Å². The Labute approximate surface area is 227 Å². The van der Waals surface area contributed by atoms with Gasteiger partial charge in [0.1, 0.15) is 17.2 Å². The van der Waals surface area contributed by atoms with E-state index in [4.69, 9.17) is 4.74 Å². The molecule has 0 radical (unpaired) electrons. The van der Waals surface area contributed by atoms with E-state index in [2.05, 4.69) is 11.9 Å². The van der Waals surface area contributed by atoms with Crippen LogP contribution in [0.25, 0.3) is 27.8 Å². The van der Waals surface area contributed by atoms with Crippen molar-refractivity contribution in [2.75, 3.05) is 7.11 Å². The molecule has 1 heterocycles. The summed E-state index contributed by atoms with van der Waals surface area (Å²) in [5.74, 6) is -1.21. The number of non-ortho nitro benzene ring substituents is 1. The summed E-state index contributed by atoms with van der Waals surface area (Å²) in [6.45, 7) is 2.20. The van der Waals surface area contributed by atoms with Gasteiger partial charge in [0.25, 0.3) is 5.69 Å². The van der Waals surface area contributed by atoms with Crippen LogP contribution in [-0.4, -0.2) is 33.7 Å². The minimum Gasteiger partial charge on any atom is -0.505 e. The van der Waals surface area contributed by atoms with Gasteiger partial charge in [-0.05, 0) is 48.7 Å². The molecule has 8 nitrogen and oxygen atoms in total. The molecule has 3 aromatic rings. The lowest BCUT2D eigenvalue weighted by Crippen LogP contribution is -2.26. The maximum atomic E-state index is 13.5. The normalized spacial score (nSPS) is 13.2. The van der Waals surface area contributed by atoms with Crippen LogP contribution >= 0.6 is 0 Å². The number of carbonyl (C=O) groups excluding carboxylic acids is 2. The Hall–Kier alpha value is -4.07. The van der Waals surface area contributed by atoms with Crippen molar-refractivity contribution in [1.29, 1.82) is 0 Å². The number of ether oxygens (including phenoxy) is 1. The van der Waals surface area contributed by atoms with Crippen molar-refractivity contribution in [2.45, 2.75) is 71.1 Å². The summed E-state index contributed by atoms with van der Waals surface area (Å²) < 4.78 is 5.36. The molecular weight excluding hydrogens is 496 g/mol. The van der Waals surface area contributed by atoms with Gasteiger partial charge in [-0.15, -0.1) is 0 Å². The second-order valence-electron chi connectivity index (χ2n) is 9.96. The van der Waals surface area contributed by atoms with Gasteiger partial charge in [0, 0.05) is 28.7 Å². The first-order valence-corrected chi connectivity index (χ1v) is 13.7. The lowest BCUT2D eigenvalue weighted by molar-refractivity contribution is -0.384. The Morgan fingerprint density at radius 1 is 0.872 bits per heavy atom. The molecule has 39 heavy (non-hydrogen) atoms. The van der Waals surface area contributed by atoms with Crippen LogP contribution in [0.2, 0.25) is 0 Å². The van der Waals surface area contributed by atoms with E-state index in [-0.39, 0.29) is 28.3 Å². The van der Waals surface area contributed by atoms with Crippen molar-refractivity contribution >= 4 is 33.9 Å². The Kier molecular flexibility index (Phi) is 9.07. The average molecular weight is 531 g/mol. The lowest BCUT2D eigenvalue weighted by atomic mass is 9.83. The van der Waals surface area contributed by atoms with Gasteiger partial charge in [0.2, 0.25) is 11.6 Å². The van der Waals surface area contributed by atoms with Gasteiger partial charge in [-0.2, -0.15) is 0 Å². The molecule has 0 unspecified atom stereocenters. The molecule has 2 aromatic carbocycles. The van der Waals surface area contributed by atoms with Crippen LogP contribution in [0.4, 0.5) is 5.69 Å². The van der Waals surface area contributed by atoms with Gasteiger partial charge >= 0.3 is 0 Å². The number of nitro groups is 1. The van der Waals surface area contributed by atoms with E-state index in [9.17, 15) is 24.8 Å². The number of methoxy groups -OCH3 is 1. The van der Waals surface area contributed by atoms with Crippen LogP contribution in [0.5, 0.6) is 5.75 Å². The number of hydrogen-bond acceptors (Lipinski definition) is 7. The monoisotopic (exact) mass is 530 g/mol. The summed E-state index contributed by atoms with van der Waals surface area (Å²) in [6.07, 6.45) is 10.3. The number of carbonyl (C=O) groups is 2. The number of benzene rings is 2. The van der Waals surface area contributed by atoms with Crippen LogP contribution in [0.15, 0.2) is 48.0 Å². The summed E-state index contributed by atoms with van der Waals surface area (Å²) in [5, 5.41) is 22.9. The number of nitro benzene ring substituents is 1. The van der Waals surface area contributed by atoms with Crippen molar-refractivity contribution in [3.8, 4) is 16.9 Å². The summed E-state index contributed by atoms with van der Waals surface area (Å²) in [6, 6.07) is 10.9. The standard InChI is InChI=1S/C31H34N2O6/c1-3-4-5-6-7-8-9-10-11-12-23-29(34)28-27(31(36)30(23)35)26(20-13-15-21(16-14-20)33(37)38)24-19-22(39-2)17-18-25(24)32-28/h13-19,34H,3-12H2,1-2H3. The largest absolute Gasteiger partial charge is 0.505 e. The minimum absolute atomic E-state index is 0.00272. The quantitative estimate of drug-likeness (QED) is 0.104. The number of Topliss-reactive ketones (excluding diaryl/α,β-unsaturated/α-hetero) is 2. The molecule has 4 rings (SSSR count). The third-order valence-corrected chi connectivity index (χ3v) is 7.31. The SMILES string of the molecule is CCCCCCCCCCCC1=C(O)c2nc3ccc(OC)cc3c(-c3ccc([N+](=O)[O-])cc3)c2C(=O)C1=O. The molecule has 1 aliphatic carbocycles. The zero-order chi connectivity index (χ0) is 27.9. The van der Waals surface area contributed by atoms with E-state index in [0.29, 0.717) is 40.6 Å². The highest BCUT2D eigenvalue weighted by atomic mass is 16.6. The molecule has 0 saturated heterocycles. The molecule has 1 aliphatic rings. The van der Waals surface area contributed by atoms with Gasteiger partial charge in [0.05, 0.1) is 23.1 Å². The number of aliphatic hydroxyl groups excluding tert-OH is 1. The third-order valence-electron chi connectivity index (χ3n) is 7.31. The Morgan fingerprint density at radius 3 is 2.13 bits per heavy atom. The molecule has 1 N–H and O–H groups in total. The molecular formula is C31H34N2O6. The van der Waals surface area contributed by atoms with Gasteiger partial charge in [-0.3, -0.25) is 19.7 Å². The number of ketones is 2. The van der Waals surface area contributed by atoms with Gasteiger partial charge in [0.15, 0.2) is 0 Å². The Balaban J connectivity index is 1.68. The first-order chi connectivity index (χ1) is 18.9. The van der Waals surface area contributed by atoms with Crippen molar-refractivity contribution < 1.29 is 24.4 Å². The summed E-state index contributed by atoms with van der Waals surface area (Å²) in [7, 11) is 1.51. The van der Waals surface area contributed by atoms with Crippen LogP contribution in [0.1, 0.15) is 87.2 Å². The molecule has 0 fully saturated rings. The maximum absolute atomic E-state index is 13.5. The highest BCUT2D eigenvalue weighted by Gasteiger charge is 2.37. The van der Waals surface area contributed by atoms with Crippen LogP contribution in [-0.2, 0) is 4.79 Å². The molecule has 0 saturated carbocycles. The van der Waals surface area contributed by atoms with Crippen molar-refractivity contribution in [1.82, 2.24) is 4.98 Å². The molecule has 0 atom stereocenters. The van der Waals surface area contributed by atoms with Gasteiger partial charge < -0.3 is 9.84 Å². The first-order valence-electron chi connectivity index (χ1n) is 13.7. The average Bonchev–Trinajstić information content (AvgIpc) is 2.95. The summed E-state index contributed by atoms with van der Waals surface area (Å²) in [5.41, 5.74) is 1.45. The van der Waals surface area contributed by atoms with Gasteiger partial charge in [-0.1, -0.05) is 58.3 Å². The van der Waals surface area contributed by atoms with Crippen molar-refractivity contribution in [2.24, 2.45) is 0 Å². The number of hydrogen-bond donors (Lipinski definition) is 1. The zero-order valence-electron chi connectivity index (χ0n) is 22.5. The number of nitrogens with zero attached hydrogens (tertiary/aromatic N) is 2. The number of unbranched alkanes of at least 4 members (excludes halogenated alkanes) is 8. The third kappa shape index (κ3) is 6.00. The smallest absolute Gasteiger partial charge is 0.269 e. The van der Waals surface area contributed by atoms with E-state index >= 15 is 0 Å². The number of fused-ring (bicyclic) bond motifs is 2. The number of aromatic nitrogens is 1. The number of pyridine rings is 1. The second kappa shape index (κ2) is 12.7. The highest BCUT2D eigenvalue weighted by Crippen LogP contribution is 2.41. The molecule has 0 spiro atoms. The van der Waals surface area contributed by atoms with E-state index in [1.807, 2.05) is 0 Å². The number of aliphatic hydroxyl groups is 1. The molecule has 0 amide bonds. The molecule has 0 bridgehead atoms. The van der Waals surface area contributed by atoms with E-state index in [1.54, 1.807) is 18.2 Å². The summed E-state index contributed by atoms with van der Waals surface area (Å²) >= 11 is 0. The topological polar surface area (TPSA) is 120 Å². The van der Waals surface area contributed by atoms with Crippen LogP contribution in [0.3, 0.4) is 0 Å². The number of allylic oxidation sites excluding steroid dienone is 1. The Bertz CT molecular complexity index is 1430. The predicted molar refractivity (Wildman–Crippen MR) is 151 cm³/mol. The second-order valence-corrected chi connectivity index (χ2v) is 9.96. The van der Waals surface area contributed by atoms with E-state index in [1.165, 1.54) is 63.5 Å². The Morgan fingerprint density at radius 2 is 1.51 bits per heavy atom. The van der Waals surface area contributed by atoms with Crippen LogP contribution < -0.4 is 4.74 Å². The fraction of sp³-hybridized carbons (Fsp3) is 0.387. The predicted octanol–water partition coefficient (Wildman–Crippen LogP) is 7.77. The van der Waals surface area contributed by atoms with E-state index in [0.717, 1.165) is 19.3 Å². The fourth-order valence-electron chi connectivity index (χ4n) is 5.16. The zero-order valence-corrected chi connectivity index (χ0v) is 22.5. The minimum atomic E-state index is -0.737. The maximum Gasteiger partial charge on any atom is 0.269 e. The van der Waals surface area contributed by atoms with Gasteiger partial charge in [-0.25, -0.2) is 4.98 Å². The fourth-order valence-corrected chi connectivity index (χ4v) is 5.16. The molecule has 0 aliphatic heterocycles. The van der Waals surface area contributed by atoms with Crippen molar-refractivity contribution in [3.05, 3.63) is 69.4 Å².